The zero-order valence-electron chi connectivity index (χ0n) is 11.8. The molecular weight excluding hydrogens is 242 g/mol. The van der Waals surface area contributed by atoms with E-state index in [4.69, 9.17) is 0 Å². The lowest BCUT2D eigenvalue weighted by molar-refractivity contribution is 1.07. The van der Waals surface area contributed by atoms with Gasteiger partial charge in [0.25, 0.3) is 0 Å². The summed E-state index contributed by atoms with van der Waals surface area (Å²) >= 11 is 0. The molecular formula is C19H19N. The van der Waals surface area contributed by atoms with Crippen LogP contribution < -0.4 is 4.90 Å². The second kappa shape index (κ2) is 5.79. The first-order valence-electron chi connectivity index (χ1n) is 7.17. The average Bonchev–Trinajstić information content (AvgIpc) is 2.56. The fourth-order valence-corrected chi connectivity index (χ4v) is 2.55. The predicted molar refractivity (Wildman–Crippen MR) is 86.9 cm³/mol. The van der Waals surface area contributed by atoms with Gasteiger partial charge < -0.3 is 4.90 Å². The Morgan fingerprint density at radius 3 is 2.55 bits per heavy atom. The second-order valence-electron chi connectivity index (χ2n) is 4.99. The third-order valence-corrected chi connectivity index (χ3v) is 3.68. The standard InChI is InChI=1S/C19H19N/c1-2-16-11-12-19(20-13-7-4-8-14-20)18(15-16)17-9-5-3-6-10-17/h3-13,15H,2,14H2,1H3. The molecule has 0 aliphatic carbocycles. The van der Waals surface area contributed by atoms with E-state index in [0.29, 0.717) is 0 Å². The molecule has 1 aliphatic rings. The van der Waals surface area contributed by atoms with Crippen LogP contribution in [0.3, 0.4) is 0 Å². The van der Waals surface area contributed by atoms with Crippen LogP contribution in [-0.4, -0.2) is 6.54 Å². The minimum atomic E-state index is 0.932. The molecule has 0 unspecified atom stereocenters. The Morgan fingerprint density at radius 2 is 1.85 bits per heavy atom. The Kier molecular flexibility index (Phi) is 3.69. The number of rotatable bonds is 3. The van der Waals surface area contributed by atoms with Gasteiger partial charge in [-0.15, -0.1) is 0 Å². The highest BCUT2D eigenvalue weighted by Crippen LogP contribution is 2.32. The maximum atomic E-state index is 2.32. The fourth-order valence-electron chi connectivity index (χ4n) is 2.55. The monoisotopic (exact) mass is 261 g/mol. The molecule has 1 heteroatoms. The van der Waals surface area contributed by atoms with E-state index in [9.17, 15) is 0 Å². The normalized spacial score (nSPS) is 13.8. The Balaban J connectivity index is 2.09. The number of aryl methyl sites for hydroxylation is 1. The molecule has 0 radical (unpaired) electrons. The predicted octanol–water partition coefficient (Wildman–Crippen LogP) is 4.81. The van der Waals surface area contributed by atoms with Crippen LogP contribution in [0.25, 0.3) is 11.1 Å². The third kappa shape index (κ3) is 2.53. The van der Waals surface area contributed by atoms with Crippen LogP contribution in [-0.2, 0) is 6.42 Å². The zero-order chi connectivity index (χ0) is 13.8. The molecule has 20 heavy (non-hydrogen) atoms. The molecule has 0 spiro atoms. The summed E-state index contributed by atoms with van der Waals surface area (Å²) in [6.45, 7) is 3.13. The van der Waals surface area contributed by atoms with Crippen molar-refractivity contribution in [1.82, 2.24) is 0 Å². The van der Waals surface area contributed by atoms with Gasteiger partial charge in [-0.3, -0.25) is 0 Å². The van der Waals surface area contributed by atoms with E-state index in [2.05, 4.69) is 84.8 Å². The molecule has 3 rings (SSSR count). The Bertz CT molecular complexity index is 638. The van der Waals surface area contributed by atoms with E-state index in [-0.39, 0.29) is 0 Å². The van der Waals surface area contributed by atoms with Crippen molar-refractivity contribution < 1.29 is 0 Å². The Morgan fingerprint density at radius 1 is 1.00 bits per heavy atom. The molecule has 0 bridgehead atoms. The van der Waals surface area contributed by atoms with E-state index >= 15 is 0 Å². The summed E-state index contributed by atoms with van der Waals surface area (Å²) in [4.78, 5) is 2.29. The van der Waals surface area contributed by atoms with Gasteiger partial charge >= 0.3 is 0 Å². The minimum absolute atomic E-state index is 0.932. The largest absolute Gasteiger partial charge is 0.344 e. The summed E-state index contributed by atoms with van der Waals surface area (Å²) in [5, 5.41) is 0. The van der Waals surface area contributed by atoms with Gasteiger partial charge in [0.15, 0.2) is 0 Å². The summed E-state index contributed by atoms with van der Waals surface area (Å²) in [6.07, 6.45) is 9.58. The average molecular weight is 261 g/mol. The second-order valence-corrected chi connectivity index (χ2v) is 4.99. The van der Waals surface area contributed by atoms with E-state index in [1.807, 2.05) is 0 Å². The van der Waals surface area contributed by atoms with Crippen LogP contribution in [0.15, 0.2) is 73.0 Å². The molecule has 1 aliphatic heterocycles. The van der Waals surface area contributed by atoms with E-state index in [1.54, 1.807) is 0 Å². The summed E-state index contributed by atoms with van der Waals surface area (Å²) in [7, 11) is 0. The lowest BCUT2D eigenvalue weighted by atomic mass is 9.99. The molecule has 0 fully saturated rings. The van der Waals surface area contributed by atoms with Crippen LogP contribution in [0.1, 0.15) is 12.5 Å². The smallest absolute Gasteiger partial charge is 0.0488 e. The zero-order valence-corrected chi connectivity index (χ0v) is 11.8. The number of hydrogen-bond acceptors (Lipinski definition) is 1. The van der Waals surface area contributed by atoms with Crippen LogP contribution in [0.5, 0.6) is 0 Å². The first kappa shape index (κ1) is 12.7. The van der Waals surface area contributed by atoms with Gasteiger partial charge in [-0.05, 0) is 35.8 Å². The Labute approximate surface area is 120 Å². The summed E-state index contributed by atoms with van der Waals surface area (Å²) in [5.74, 6) is 0. The Hall–Kier alpha value is -2.28. The number of hydrogen-bond donors (Lipinski definition) is 0. The lowest BCUT2D eigenvalue weighted by Crippen LogP contribution is -2.18. The van der Waals surface area contributed by atoms with Crippen molar-refractivity contribution in [3.05, 3.63) is 78.5 Å². The molecule has 0 saturated heterocycles. The van der Waals surface area contributed by atoms with Crippen molar-refractivity contribution >= 4 is 5.69 Å². The number of anilines is 1. The first-order chi connectivity index (χ1) is 9.88. The molecule has 0 amide bonds. The van der Waals surface area contributed by atoms with E-state index < -0.39 is 0 Å². The van der Waals surface area contributed by atoms with E-state index in [0.717, 1.165) is 13.0 Å². The fraction of sp³-hybridized carbons (Fsp3) is 0.158. The van der Waals surface area contributed by atoms with Crippen molar-refractivity contribution in [3.63, 3.8) is 0 Å². The SMILES string of the molecule is CCc1ccc(N2C=CC=CC2)c(-c2ccccc2)c1. The lowest BCUT2D eigenvalue weighted by Gasteiger charge is -2.24. The van der Waals surface area contributed by atoms with Gasteiger partial charge in [0.05, 0.1) is 0 Å². The molecule has 100 valence electrons. The molecule has 2 aromatic carbocycles. The number of nitrogens with zero attached hydrogens (tertiary/aromatic N) is 1. The third-order valence-electron chi connectivity index (χ3n) is 3.68. The van der Waals surface area contributed by atoms with Crippen molar-refractivity contribution in [2.24, 2.45) is 0 Å². The van der Waals surface area contributed by atoms with Gasteiger partial charge in [0, 0.05) is 24.0 Å². The van der Waals surface area contributed by atoms with Crippen molar-refractivity contribution in [3.8, 4) is 11.1 Å². The minimum Gasteiger partial charge on any atom is -0.344 e. The molecule has 0 N–H and O–H groups in total. The van der Waals surface area contributed by atoms with Gasteiger partial charge in [0.2, 0.25) is 0 Å². The van der Waals surface area contributed by atoms with Crippen LogP contribution in [0.2, 0.25) is 0 Å². The number of allylic oxidation sites excluding steroid dienone is 2. The highest BCUT2D eigenvalue weighted by Gasteiger charge is 2.11. The van der Waals surface area contributed by atoms with Crippen LogP contribution in [0, 0.1) is 0 Å². The van der Waals surface area contributed by atoms with Crippen molar-refractivity contribution in [1.29, 1.82) is 0 Å². The van der Waals surface area contributed by atoms with Crippen LogP contribution >= 0.6 is 0 Å². The number of benzene rings is 2. The van der Waals surface area contributed by atoms with Gasteiger partial charge in [-0.1, -0.05) is 55.5 Å². The van der Waals surface area contributed by atoms with E-state index in [1.165, 1.54) is 22.4 Å². The maximum absolute atomic E-state index is 2.32. The summed E-state index contributed by atoms with van der Waals surface area (Å²) in [5.41, 5.74) is 5.24. The van der Waals surface area contributed by atoms with Gasteiger partial charge in [-0.2, -0.15) is 0 Å². The first-order valence-corrected chi connectivity index (χ1v) is 7.17. The molecule has 1 nitrogen and oxygen atoms in total. The van der Waals surface area contributed by atoms with Crippen molar-refractivity contribution in [2.75, 3.05) is 11.4 Å². The molecule has 0 saturated carbocycles. The quantitative estimate of drug-likeness (QED) is 0.766. The molecule has 2 aromatic rings. The maximum Gasteiger partial charge on any atom is 0.0488 e. The molecule has 0 atom stereocenters. The molecule has 1 heterocycles. The van der Waals surface area contributed by atoms with Crippen LogP contribution in [0.4, 0.5) is 5.69 Å². The highest BCUT2D eigenvalue weighted by molar-refractivity contribution is 5.80. The van der Waals surface area contributed by atoms with Gasteiger partial charge in [-0.25, -0.2) is 0 Å². The van der Waals surface area contributed by atoms with Gasteiger partial charge in [0.1, 0.15) is 0 Å². The summed E-state index contributed by atoms with van der Waals surface area (Å²) in [6, 6.07) is 17.4. The molecule has 0 aromatic heterocycles. The topological polar surface area (TPSA) is 3.24 Å². The highest BCUT2D eigenvalue weighted by atomic mass is 15.1. The van der Waals surface area contributed by atoms with Crippen molar-refractivity contribution in [2.45, 2.75) is 13.3 Å². The summed E-state index contributed by atoms with van der Waals surface area (Å²) < 4.78 is 0.